The number of hydrogen-bond acceptors (Lipinski definition) is 3. The zero-order valence-electron chi connectivity index (χ0n) is 13.9. The lowest BCUT2D eigenvalue weighted by atomic mass is 10.1. The largest absolute Gasteiger partial charge is 0.367 e. The summed E-state index contributed by atoms with van der Waals surface area (Å²) >= 11 is 0. The molecule has 0 fully saturated rings. The maximum Gasteiger partial charge on any atom is 0.226 e. The third-order valence-electron chi connectivity index (χ3n) is 3.54. The molecule has 5 nitrogen and oxygen atoms in total. The molecule has 1 amide bonds. The molecule has 0 spiro atoms. The average Bonchev–Trinajstić information content (AvgIpc) is 2.71. The molecule has 0 aliphatic heterocycles. The Morgan fingerprint density at radius 1 is 1.27 bits per heavy atom. The van der Waals surface area contributed by atoms with Gasteiger partial charge in [-0.25, -0.2) is 0 Å². The van der Waals surface area contributed by atoms with Crippen LogP contribution < -0.4 is 10.6 Å². The van der Waals surface area contributed by atoms with Crippen molar-refractivity contribution in [2.75, 3.05) is 10.6 Å². The fourth-order valence-electron chi connectivity index (χ4n) is 2.48. The Kier molecular flexibility index (Phi) is 4.85. The molecule has 0 radical (unpaired) electrons. The van der Waals surface area contributed by atoms with Gasteiger partial charge in [-0.05, 0) is 39.3 Å². The van der Waals surface area contributed by atoms with Crippen LogP contribution in [-0.4, -0.2) is 21.7 Å². The van der Waals surface area contributed by atoms with Crippen LogP contribution >= 0.6 is 0 Å². The Morgan fingerprint density at radius 3 is 2.59 bits per heavy atom. The number of benzene rings is 1. The summed E-state index contributed by atoms with van der Waals surface area (Å²) in [5.41, 5.74) is 4.10. The number of nitrogens with one attached hydrogen (secondary N) is 2. The summed E-state index contributed by atoms with van der Waals surface area (Å²) in [4.78, 5) is 12.2. The SMILES string of the molecule is Cc1ccc(NC(=O)CC(C)Nc2cc(C)nn2C)c(C)c1. The normalized spacial score (nSPS) is 12.0. The maximum atomic E-state index is 12.2. The molecule has 1 aromatic heterocycles. The first-order valence-electron chi connectivity index (χ1n) is 7.49. The topological polar surface area (TPSA) is 59.0 Å². The summed E-state index contributed by atoms with van der Waals surface area (Å²) in [6.45, 7) is 7.98. The zero-order valence-corrected chi connectivity index (χ0v) is 13.9. The first kappa shape index (κ1) is 16.1. The number of rotatable bonds is 5. The molecule has 118 valence electrons. The first-order valence-corrected chi connectivity index (χ1v) is 7.49. The van der Waals surface area contributed by atoms with Gasteiger partial charge in [0, 0.05) is 31.3 Å². The molecule has 0 saturated heterocycles. The predicted octanol–water partition coefficient (Wildman–Crippen LogP) is 3.17. The second-order valence-electron chi connectivity index (χ2n) is 5.91. The van der Waals surface area contributed by atoms with Gasteiger partial charge in [0.05, 0.1) is 5.69 Å². The number of aromatic nitrogens is 2. The Bertz CT molecular complexity index is 675. The second kappa shape index (κ2) is 6.64. The van der Waals surface area contributed by atoms with Crippen molar-refractivity contribution in [3.8, 4) is 0 Å². The van der Waals surface area contributed by atoms with Gasteiger partial charge in [0.2, 0.25) is 5.91 Å². The summed E-state index contributed by atoms with van der Waals surface area (Å²) in [6.07, 6.45) is 0.400. The number of aryl methyl sites for hydroxylation is 4. The van der Waals surface area contributed by atoms with Crippen LogP contribution in [0, 0.1) is 20.8 Å². The number of carbonyl (C=O) groups excluding carboxylic acids is 1. The van der Waals surface area contributed by atoms with E-state index in [4.69, 9.17) is 0 Å². The molecule has 0 aliphatic carbocycles. The minimum atomic E-state index is 0.00541. The van der Waals surface area contributed by atoms with E-state index in [-0.39, 0.29) is 11.9 Å². The Hall–Kier alpha value is -2.30. The molecule has 2 N–H and O–H groups in total. The van der Waals surface area contributed by atoms with Crippen molar-refractivity contribution in [3.05, 3.63) is 41.1 Å². The number of anilines is 2. The highest BCUT2D eigenvalue weighted by atomic mass is 16.1. The summed E-state index contributed by atoms with van der Waals surface area (Å²) in [6, 6.07) is 8.02. The molecular formula is C17H24N4O. The lowest BCUT2D eigenvalue weighted by Gasteiger charge is -2.15. The summed E-state index contributed by atoms with van der Waals surface area (Å²) in [7, 11) is 1.89. The third-order valence-corrected chi connectivity index (χ3v) is 3.54. The number of amides is 1. The van der Waals surface area contributed by atoms with E-state index in [2.05, 4.69) is 21.8 Å². The molecular weight excluding hydrogens is 276 g/mol. The highest BCUT2D eigenvalue weighted by Gasteiger charge is 2.12. The van der Waals surface area contributed by atoms with Gasteiger partial charge in [0.15, 0.2) is 0 Å². The van der Waals surface area contributed by atoms with Crippen molar-refractivity contribution in [1.29, 1.82) is 0 Å². The molecule has 1 aromatic carbocycles. The van der Waals surface area contributed by atoms with E-state index in [1.54, 1.807) is 4.68 Å². The third kappa shape index (κ3) is 4.10. The summed E-state index contributed by atoms with van der Waals surface area (Å²) in [5, 5.41) is 10.6. The van der Waals surface area contributed by atoms with Crippen molar-refractivity contribution in [2.24, 2.45) is 7.05 Å². The lowest BCUT2D eigenvalue weighted by Crippen LogP contribution is -2.25. The van der Waals surface area contributed by atoms with Crippen LogP contribution in [0.1, 0.15) is 30.2 Å². The highest BCUT2D eigenvalue weighted by molar-refractivity contribution is 5.92. The van der Waals surface area contributed by atoms with Crippen molar-refractivity contribution in [2.45, 2.75) is 40.2 Å². The van der Waals surface area contributed by atoms with E-state index in [9.17, 15) is 4.79 Å². The molecule has 1 atom stereocenters. The van der Waals surface area contributed by atoms with Crippen LogP contribution in [0.2, 0.25) is 0 Å². The smallest absolute Gasteiger partial charge is 0.226 e. The van der Waals surface area contributed by atoms with Gasteiger partial charge in [0.1, 0.15) is 5.82 Å². The Balaban J connectivity index is 1.92. The molecule has 2 rings (SSSR count). The van der Waals surface area contributed by atoms with Crippen LogP contribution in [0.15, 0.2) is 24.3 Å². The number of nitrogens with zero attached hydrogens (tertiary/aromatic N) is 2. The van der Waals surface area contributed by atoms with Gasteiger partial charge in [-0.3, -0.25) is 9.48 Å². The van der Waals surface area contributed by atoms with E-state index < -0.39 is 0 Å². The lowest BCUT2D eigenvalue weighted by molar-refractivity contribution is -0.116. The van der Waals surface area contributed by atoms with Gasteiger partial charge in [0.25, 0.3) is 0 Å². The van der Waals surface area contributed by atoms with E-state index in [1.807, 2.05) is 52.9 Å². The van der Waals surface area contributed by atoms with Crippen LogP contribution in [0.25, 0.3) is 0 Å². The van der Waals surface area contributed by atoms with Crippen molar-refractivity contribution in [1.82, 2.24) is 9.78 Å². The van der Waals surface area contributed by atoms with Gasteiger partial charge in [-0.15, -0.1) is 0 Å². The minimum absolute atomic E-state index is 0.00541. The van der Waals surface area contributed by atoms with Gasteiger partial charge in [-0.1, -0.05) is 17.7 Å². The fraction of sp³-hybridized carbons (Fsp3) is 0.412. The molecule has 0 aliphatic rings. The minimum Gasteiger partial charge on any atom is -0.367 e. The fourth-order valence-corrected chi connectivity index (χ4v) is 2.48. The first-order chi connectivity index (χ1) is 10.3. The van der Waals surface area contributed by atoms with Gasteiger partial charge in [-0.2, -0.15) is 5.10 Å². The summed E-state index contributed by atoms with van der Waals surface area (Å²) < 4.78 is 1.79. The van der Waals surface area contributed by atoms with Gasteiger partial charge < -0.3 is 10.6 Å². The number of hydrogen-bond donors (Lipinski definition) is 2. The molecule has 1 unspecified atom stereocenters. The van der Waals surface area contributed by atoms with Crippen molar-refractivity contribution in [3.63, 3.8) is 0 Å². The average molecular weight is 300 g/mol. The maximum absolute atomic E-state index is 12.2. The molecule has 0 saturated carbocycles. The van der Waals surface area contributed by atoms with E-state index in [1.165, 1.54) is 5.56 Å². The quantitative estimate of drug-likeness (QED) is 0.891. The second-order valence-corrected chi connectivity index (χ2v) is 5.91. The van der Waals surface area contributed by atoms with Crippen LogP contribution in [0.4, 0.5) is 11.5 Å². The number of carbonyl (C=O) groups is 1. The molecule has 1 heterocycles. The van der Waals surface area contributed by atoms with Gasteiger partial charge >= 0.3 is 0 Å². The van der Waals surface area contributed by atoms with Crippen LogP contribution in [-0.2, 0) is 11.8 Å². The van der Waals surface area contributed by atoms with Crippen molar-refractivity contribution >= 4 is 17.4 Å². The van der Waals surface area contributed by atoms with Crippen LogP contribution in [0.5, 0.6) is 0 Å². The molecule has 5 heteroatoms. The highest BCUT2D eigenvalue weighted by Crippen LogP contribution is 2.17. The van der Waals surface area contributed by atoms with E-state index in [0.29, 0.717) is 6.42 Å². The molecule has 0 bridgehead atoms. The Morgan fingerprint density at radius 2 is 2.00 bits per heavy atom. The Labute approximate surface area is 131 Å². The van der Waals surface area contributed by atoms with E-state index in [0.717, 1.165) is 22.8 Å². The zero-order chi connectivity index (χ0) is 16.3. The standard InChI is InChI=1S/C17H24N4O/c1-11-6-7-15(12(2)8-11)19-17(22)10-13(3)18-16-9-14(4)20-21(16)5/h6-9,13,18H,10H2,1-5H3,(H,19,22). The monoisotopic (exact) mass is 300 g/mol. The molecule has 2 aromatic rings. The molecule has 22 heavy (non-hydrogen) atoms. The van der Waals surface area contributed by atoms with Crippen LogP contribution in [0.3, 0.4) is 0 Å². The van der Waals surface area contributed by atoms with Crippen molar-refractivity contribution < 1.29 is 4.79 Å². The summed E-state index contributed by atoms with van der Waals surface area (Å²) in [5.74, 6) is 0.926. The predicted molar refractivity (Wildman–Crippen MR) is 90.2 cm³/mol. The van der Waals surface area contributed by atoms with E-state index >= 15 is 0 Å².